The molecule has 4 atom stereocenters. The van der Waals surface area contributed by atoms with E-state index in [2.05, 4.69) is 27.8 Å². The van der Waals surface area contributed by atoms with Crippen LogP contribution in [0.2, 0.25) is 0 Å². The molecule has 3 fully saturated rings. The molecule has 0 radical (unpaired) electrons. The number of fused-ring (bicyclic) bond motifs is 5. The summed E-state index contributed by atoms with van der Waals surface area (Å²) in [6, 6.07) is 0. The topological polar surface area (TPSA) is 20.3 Å². The lowest BCUT2D eigenvalue weighted by Gasteiger charge is -2.23. The summed E-state index contributed by atoms with van der Waals surface area (Å²) in [5, 5.41) is 0.914. The van der Waals surface area contributed by atoms with Gasteiger partial charge in [-0.05, 0) is 49.4 Å². The molecule has 18 heavy (non-hydrogen) atoms. The second-order valence-corrected chi connectivity index (χ2v) is 7.17. The van der Waals surface area contributed by atoms with Crippen molar-refractivity contribution in [2.24, 2.45) is 29.6 Å². The zero-order chi connectivity index (χ0) is 12.7. The minimum absolute atomic E-state index is 0.423. The van der Waals surface area contributed by atoms with Gasteiger partial charge in [0.1, 0.15) is 0 Å². The third-order valence-electron chi connectivity index (χ3n) is 5.47. The predicted molar refractivity (Wildman–Crippen MR) is 76.6 cm³/mol. The summed E-state index contributed by atoms with van der Waals surface area (Å²) in [7, 11) is 0. The first-order valence-corrected chi connectivity index (χ1v) is 8.74. The van der Waals surface area contributed by atoms with Crippen LogP contribution in [0.25, 0.3) is 0 Å². The number of halogens is 1. The smallest absolute Gasteiger partial charge is 0.226 e. The van der Waals surface area contributed by atoms with E-state index in [1.807, 2.05) is 0 Å². The van der Waals surface area contributed by atoms with Gasteiger partial charge in [0.15, 0.2) is 0 Å². The minimum atomic E-state index is 0.423. The highest BCUT2D eigenvalue weighted by molar-refractivity contribution is 9.09. The number of alkyl halides is 1. The molecule has 102 valence electrons. The van der Waals surface area contributed by atoms with Crippen molar-refractivity contribution in [2.75, 3.05) is 18.4 Å². The number of amides is 1. The van der Waals surface area contributed by atoms with Gasteiger partial charge in [0.05, 0.1) is 0 Å². The second kappa shape index (κ2) is 5.15. The zero-order valence-corrected chi connectivity index (χ0v) is 12.9. The van der Waals surface area contributed by atoms with E-state index in [4.69, 9.17) is 0 Å². The van der Waals surface area contributed by atoms with E-state index >= 15 is 0 Å². The van der Waals surface area contributed by atoms with Gasteiger partial charge in [-0.15, -0.1) is 0 Å². The van der Waals surface area contributed by atoms with E-state index in [9.17, 15) is 4.79 Å². The summed E-state index contributed by atoms with van der Waals surface area (Å²) in [4.78, 5) is 14.8. The monoisotopic (exact) mass is 313 g/mol. The Hall–Kier alpha value is -0.0500. The molecule has 0 saturated heterocycles. The number of hydrogen-bond donors (Lipinski definition) is 0. The van der Waals surface area contributed by atoms with E-state index in [1.54, 1.807) is 0 Å². The van der Waals surface area contributed by atoms with Gasteiger partial charge in [-0.2, -0.15) is 0 Å². The van der Waals surface area contributed by atoms with Gasteiger partial charge < -0.3 is 4.90 Å². The van der Waals surface area contributed by atoms with Gasteiger partial charge in [-0.25, -0.2) is 0 Å². The second-order valence-electron chi connectivity index (χ2n) is 6.38. The lowest BCUT2D eigenvalue weighted by molar-refractivity contribution is -0.133. The Labute approximate surface area is 119 Å². The first-order valence-electron chi connectivity index (χ1n) is 7.62. The standard InChI is InChI=1S/C15H24BrNO/c1-2-3-7-17(8-6-16)15(18)14-12-10-4-5-11(9-10)13(12)14/h10-14H,2-9H2,1H3. The maximum Gasteiger partial charge on any atom is 0.226 e. The Morgan fingerprint density at radius 3 is 2.44 bits per heavy atom. The Balaban J connectivity index is 1.60. The van der Waals surface area contributed by atoms with Crippen LogP contribution < -0.4 is 0 Å². The van der Waals surface area contributed by atoms with Crippen LogP contribution in [0.15, 0.2) is 0 Å². The third kappa shape index (κ3) is 2.03. The van der Waals surface area contributed by atoms with Crippen LogP contribution in [-0.2, 0) is 4.79 Å². The molecule has 3 heteroatoms. The predicted octanol–water partition coefficient (Wildman–Crippen LogP) is 3.30. The average molecular weight is 314 g/mol. The zero-order valence-electron chi connectivity index (χ0n) is 11.3. The molecule has 0 spiro atoms. The number of unbranched alkanes of at least 4 members (excludes halogenated alkanes) is 1. The first-order chi connectivity index (χ1) is 8.77. The Morgan fingerprint density at radius 2 is 1.89 bits per heavy atom. The summed E-state index contributed by atoms with van der Waals surface area (Å²) < 4.78 is 0. The fourth-order valence-corrected chi connectivity index (χ4v) is 5.08. The molecule has 1 amide bonds. The van der Waals surface area contributed by atoms with E-state index < -0.39 is 0 Å². The molecule has 0 aromatic carbocycles. The number of rotatable bonds is 6. The van der Waals surface area contributed by atoms with Crippen molar-refractivity contribution in [1.82, 2.24) is 4.90 Å². The van der Waals surface area contributed by atoms with Crippen molar-refractivity contribution >= 4 is 21.8 Å². The molecule has 3 aliphatic rings. The number of hydrogen-bond acceptors (Lipinski definition) is 1. The molecule has 2 bridgehead atoms. The van der Waals surface area contributed by atoms with Crippen LogP contribution in [-0.4, -0.2) is 29.2 Å². The first kappa shape index (κ1) is 13.0. The summed E-state index contributed by atoms with van der Waals surface area (Å²) in [5.41, 5.74) is 0. The lowest BCUT2D eigenvalue weighted by Crippen LogP contribution is -2.36. The van der Waals surface area contributed by atoms with Gasteiger partial charge in [0.2, 0.25) is 5.91 Å². The van der Waals surface area contributed by atoms with Crippen LogP contribution in [0.1, 0.15) is 39.0 Å². The normalized spacial score (nSPS) is 39.8. The van der Waals surface area contributed by atoms with Crippen LogP contribution in [0.5, 0.6) is 0 Å². The van der Waals surface area contributed by atoms with E-state index in [0.29, 0.717) is 11.8 Å². The molecule has 3 rings (SSSR count). The fraction of sp³-hybridized carbons (Fsp3) is 0.933. The van der Waals surface area contributed by atoms with Gasteiger partial charge in [0.25, 0.3) is 0 Å². The maximum absolute atomic E-state index is 12.6. The Morgan fingerprint density at radius 1 is 1.22 bits per heavy atom. The fourth-order valence-electron chi connectivity index (χ4n) is 4.65. The Bertz CT molecular complexity index is 316. The Kier molecular flexibility index (Phi) is 3.70. The maximum atomic E-state index is 12.6. The summed E-state index contributed by atoms with van der Waals surface area (Å²) >= 11 is 3.48. The molecule has 0 heterocycles. The number of nitrogens with zero attached hydrogens (tertiary/aromatic N) is 1. The summed E-state index contributed by atoms with van der Waals surface area (Å²) in [5.74, 6) is 4.30. The van der Waals surface area contributed by atoms with Gasteiger partial charge >= 0.3 is 0 Å². The highest BCUT2D eigenvalue weighted by atomic mass is 79.9. The summed E-state index contributed by atoms with van der Waals surface area (Å²) in [6.07, 6.45) is 6.57. The molecular formula is C15H24BrNO. The number of carbonyl (C=O) groups excluding carboxylic acids is 1. The average Bonchev–Trinajstić information content (AvgIpc) is 2.81. The van der Waals surface area contributed by atoms with E-state index in [-0.39, 0.29) is 0 Å². The molecule has 3 aliphatic carbocycles. The molecule has 0 aromatic rings. The van der Waals surface area contributed by atoms with Crippen molar-refractivity contribution in [2.45, 2.75) is 39.0 Å². The van der Waals surface area contributed by atoms with Crippen LogP contribution in [0, 0.1) is 29.6 Å². The van der Waals surface area contributed by atoms with Crippen molar-refractivity contribution < 1.29 is 4.79 Å². The highest BCUT2D eigenvalue weighted by Crippen LogP contribution is 2.69. The minimum Gasteiger partial charge on any atom is -0.342 e. The van der Waals surface area contributed by atoms with E-state index in [0.717, 1.165) is 48.5 Å². The van der Waals surface area contributed by atoms with Crippen molar-refractivity contribution in [3.8, 4) is 0 Å². The van der Waals surface area contributed by atoms with Crippen LogP contribution in [0.3, 0.4) is 0 Å². The lowest BCUT2D eigenvalue weighted by atomic mass is 10.0. The van der Waals surface area contributed by atoms with Gasteiger partial charge in [0, 0.05) is 24.3 Å². The van der Waals surface area contributed by atoms with Crippen molar-refractivity contribution in [3.63, 3.8) is 0 Å². The molecule has 2 nitrogen and oxygen atoms in total. The third-order valence-corrected chi connectivity index (χ3v) is 5.82. The SMILES string of the molecule is CCCCN(CCBr)C(=O)C1C2C3CCC(C3)C12. The van der Waals surface area contributed by atoms with Gasteiger partial charge in [-0.1, -0.05) is 29.3 Å². The molecule has 0 N–H and O–H groups in total. The molecular weight excluding hydrogens is 290 g/mol. The van der Waals surface area contributed by atoms with Crippen molar-refractivity contribution in [1.29, 1.82) is 0 Å². The molecule has 0 aliphatic heterocycles. The largest absolute Gasteiger partial charge is 0.342 e. The van der Waals surface area contributed by atoms with Gasteiger partial charge in [-0.3, -0.25) is 4.79 Å². The van der Waals surface area contributed by atoms with Crippen LogP contribution >= 0.6 is 15.9 Å². The number of carbonyl (C=O) groups is 1. The summed E-state index contributed by atoms with van der Waals surface area (Å²) in [6.45, 7) is 4.05. The van der Waals surface area contributed by atoms with Crippen molar-refractivity contribution in [3.05, 3.63) is 0 Å². The molecule has 0 aromatic heterocycles. The van der Waals surface area contributed by atoms with Crippen LogP contribution in [0.4, 0.5) is 0 Å². The quantitative estimate of drug-likeness (QED) is 0.689. The van der Waals surface area contributed by atoms with E-state index in [1.165, 1.54) is 25.7 Å². The highest BCUT2D eigenvalue weighted by Gasteiger charge is 2.67. The molecule has 3 saturated carbocycles. The molecule has 4 unspecified atom stereocenters.